The number of hydrogen-bond acceptors (Lipinski definition) is 5. The van der Waals surface area contributed by atoms with Crippen LogP contribution in [-0.2, 0) is 21.4 Å². The Balaban J connectivity index is 1.39. The van der Waals surface area contributed by atoms with Gasteiger partial charge in [0, 0.05) is 24.0 Å². The Hall–Kier alpha value is -3.82. The highest BCUT2D eigenvalue weighted by Gasteiger charge is 2.37. The fourth-order valence-electron chi connectivity index (χ4n) is 3.91. The number of anilines is 1. The molecule has 0 bridgehead atoms. The lowest BCUT2D eigenvalue weighted by Gasteiger charge is -2.34. The van der Waals surface area contributed by atoms with Gasteiger partial charge in [0.05, 0.1) is 29.1 Å². The van der Waals surface area contributed by atoms with Gasteiger partial charge >= 0.3 is 0 Å². The molecule has 0 saturated carbocycles. The minimum absolute atomic E-state index is 0.0759. The summed E-state index contributed by atoms with van der Waals surface area (Å²) in [6, 6.07) is 20.3. The third-order valence-corrected chi connectivity index (χ3v) is 7.70. The average molecular weight is 509 g/mol. The Morgan fingerprint density at radius 1 is 1.03 bits per heavy atom. The highest BCUT2D eigenvalue weighted by molar-refractivity contribution is 7.92. The van der Waals surface area contributed by atoms with Crippen molar-refractivity contribution in [3.63, 3.8) is 0 Å². The van der Waals surface area contributed by atoms with Crippen LogP contribution in [0.2, 0.25) is 5.02 Å². The number of ether oxygens (including phenoxy) is 1. The van der Waals surface area contributed by atoms with Gasteiger partial charge in [0.15, 0.2) is 6.10 Å². The Labute approximate surface area is 207 Å². The number of amides is 1. The first-order valence-electron chi connectivity index (χ1n) is 10.8. The van der Waals surface area contributed by atoms with Crippen molar-refractivity contribution >= 4 is 33.2 Å². The van der Waals surface area contributed by atoms with Crippen molar-refractivity contribution in [3.05, 3.63) is 102 Å². The van der Waals surface area contributed by atoms with Gasteiger partial charge in [-0.05, 0) is 48.0 Å². The van der Waals surface area contributed by atoms with Crippen molar-refractivity contribution in [2.24, 2.45) is 0 Å². The molecule has 2 heterocycles. The summed E-state index contributed by atoms with van der Waals surface area (Å²) in [6.45, 7) is 0.0651. The van der Waals surface area contributed by atoms with E-state index < -0.39 is 22.0 Å². The molecule has 10 heteroatoms. The van der Waals surface area contributed by atoms with Gasteiger partial charge in [-0.3, -0.25) is 9.10 Å². The lowest BCUT2D eigenvalue weighted by Crippen LogP contribution is -2.50. The van der Waals surface area contributed by atoms with Crippen LogP contribution < -0.4 is 14.4 Å². The SMILES string of the molecule is O=C(NCc1ccccc1-n1ccnc1)C1CN(S(=O)(=O)c2ccc(Cl)cc2)c2ccccc2O1. The summed E-state index contributed by atoms with van der Waals surface area (Å²) in [6.07, 6.45) is 4.15. The molecule has 0 radical (unpaired) electrons. The second-order valence-electron chi connectivity index (χ2n) is 7.88. The topological polar surface area (TPSA) is 93.5 Å². The van der Waals surface area contributed by atoms with Crippen molar-refractivity contribution in [1.29, 1.82) is 0 Å². The molecule has 0 spiro atoms. The van der Waals surface area contributed by atoms with Crippen molar-refractivity contribution in [2.75, 3.05) is 10.8 Å². The van der Waals surface area contributed by atoms with Gasteiger partial charge in [0.25, 0.3) is 15.9 Å². The molecule has 1 amide bonds. The largest absolute Gasteiger partial charge is 0.476 e. The molecule has 4 aromatic rings. The number of nitrogens with zero attached hydrogens (tertiary/aromatic N) is 3. The molecule has 178 valence electrons. The Kier molecular flexibility index (Phi) is 6.19. The molecule has 1 atom stereocenters. The van der Waals surface area contributed by atoms with E-state index in [2.05, 4.69) is 10.3 Å². The number of imidazole rings is 1. The number of carbonyl (C=O) groups excluding carboxylic acids is 1. The monoisotopic (exact) mass is 508 g/mol. The van der Waals surface area contributed by atoms with Gasteiger partial charge in [-0.2, -0.15) is 0 Å². The van der Waals surface area contributed by atoms with Crippen molar-refractivity contribution in [2.45, 2.75) is 17.5 Å². The highest BCUT2D eigenvalue weighted by Crippen LogP contribution is 2.37. The van der Waals surface area contributed by atoms with E-state index in [9.17, 15) is 13.2 Å². The van der Waals surface area contributed by atoms with E-state index >= 15 is 0 Å². The summed E-state index contributed by atoms with van der Waals surface area (Å²) in [7, 11) is -3.96. The number of hydrogen-bond donors (Lipinski definition) is 1. The first-order valence-corrected chi connectivity index (χ1v) is 12.6. The summed E-state index contributed by atoms with van der Waals surface area (Å²) in [5.74, 6) is -0.105. The molecule has 1 aliphatic rings. The standard InChI is InChI=1S/C25H21ClN4O4S/c26-19-9-11-20(12-10-19)35(32,33)30-16-24(34-23-8-4-3-7-22(23)30)25(31)28-15-18-5-1-2-6-21(18)29-14-13-27-17-29/h1-14,17,24H,15-16H2,(H,28,31). The minimum Gasteiger partial charge on any atom is -0.476 e. The van der Waals surface area contributed by atoms with Crippen LogP contribution in [0.4, 0.5) is 5.69 Å². The molecule has 1 aliphatic heterocycles. The van der Waals surface area contributed by atoms with E-state index in [1.807, 2.05) is 35.0 Å². The first-order chi connectivity index (χ1) is 16.9. The molecule has 0 fully saturated rings. The van der Waals surface area contributed by atoms with E-state index in [1.54, 1.807) is 36.8 Å². The third-order valence-electron chi connectivity index (χ3n) is 5.66. The van der Waals surface area contributed by atoms with E-state index in [1.165, 1.54) is 28.6 Å². The summed E-state index contributed by atoms with van der Waals surface area (Å²) in [4.78, 5) is 17.3. The number of rotatable bonds is 6. The molecule has 8 nitrogen and oxygen atoms in total. The first kappa shape index (κ1) is 22.9. The molecule has 0 saturated heterocycles. The highest BCUT2D eigenvalue weighted by atomic mass is 35.5. The van der Waals surface area contributed by atoms with Crippen LogP contribution in [0.1, 0.15) is 5.56 Å². The number of benzene rings is 3. The number of para-hydroxylation sites is 3. The second kappa shape index (κ2) is 9.44. The van der Waals surface area contributed by atoms with Crippen LogP contribution in [0.15, 0.2) is 96.4 Å². The molecule has 1 unspecified atom stereocenters. The normalized spacial score (nSPS) is 15.2. The number of halogens is 1. The quantitative estimate of drug-likeness (QED) is 0.427. The van der Waals surface area contributed by atoms with Gasteiger partial charge in [0.1, 0.15) is 5.75 Å². The Morgan fingerprint density at radius 3 is 2.49 bits per heavy atom. The fourth-order valence-corrected chi connectivity index (χ4v) is 5.51. The van der Waals surface area contributed by atoms with Crippen molar-refractivity contribution < 1.29 is 17.9 Å². The van der Waals surface area contributed by atoms with Crippen LogP contribution >= 0.6 is 11.6 Å². The molecule has 1 N–H and O–H groups in total. The van der Waals surface area contributed by atoms with Gasteiger partial charge < -0.3 is 14.6 Å². The lowest BCUT2D eigenvalue weighted by molar-refractivity contribution is -0.127. The predicted octanol–water partition coefficient (Wildman–Crippen LogP) is 3.80. The maximum absolute atomic E-state index is 13.5. The van der Waals surface area contributed by atoms with Gasteiger partial charge in [-0.1, -0.05) is 41.9 Å². The summed E-state index contributed by atoms with van der Waals surface area (Å²) >= 11 is 5.94. The maximum atomic E-state index is 13.5. The molecular formula is C25H21ClN4O4S. The fraction of sp³-hybridized carbons (Fsp3) is 0.120. The number of fused-ring (bicyclic) bond motifs is 1. The smallest absolute Gasteiger partial charge is 0.264 e. The van der Waals surface area contributed by atoms with Gasteiger partial charge in [-0.15, -0.1) is 0 Å². The number of aromatic nitrogens is 2. The van der Waals surface area contributed by atoms with Crippen molar-refractivity contribution in [1.82, 2.24) is 14.9 Å². The van der Waals surface area contributed by atoms with Gasteiger partial charge in [-0.25, -0.2) is 13.4 Å². The van der Waals surface area contributed by atoms with E-state index in [0.29, 0.717) is 16.5 Å². The number of nitrogens with one attached hydrogen (secondary N) is 1. The van der Waals surface area contributed by atoms with E-state index in [0.717, 1.165) is 11.3 Å². The predicted molar refractivity (Wildman–Crippen MR) is 132 cm³/mol. The molecule has 1 aromatic heterocycles. The molecule has 5 rings (SSSR count). The summed E-state index contributed by atoms with van der Waals surface area (Å²) in [5, 5.41) is 3.31. The number of carbonyl (C=O) groups is 1. The Morgan fingerprint density at radius 2 is 1.74 bits per heavy atom. The lowest BCUT2D eigenvalue weighted by atomic mass is 10.1. The minimum atomic E-state index is -3.96. The maximum Gasteiger partial charge on any atom is 0.264 e. The van der Waals surface area contributed by atoms with Crippen LogP contribution in [0.3, 0.4) is 0 Å². The van der Waals surface area contributed by atoms with E-state index in [-0.39, 0.29) is 18.0 Å². The number of sulfonamides is 1. The zero-order valence-corrected chi connectivity index (χ0v) is 20.0. The summed E-state index contributed by atoms with van der Waals surface area (Å²) in [5.41, 5.74) is 2.13. The van der Waals surface area contributed by atoms with E-state index in [4.69, 9.17) is 16.3 Å². The second-order valence-corrected chi connectivity index (χ2v) is 10.2. The van der Waals surface area contributed by atoms with Crippen LogP contribution in [-0.4, -0.2) is 36.5 Å². The zero-order valence-electron chi connectivity index (χ0n) is 18.4. The molecule has 0 aliphatic carbocycles. The molecular weight excluding hydrogens is 488 g/mol. The van der Waals surface area contributed by atoms with Crippen LogP contribution in [0.25, 0.3) is 5.69 Å². The summed E-state index contributed by atoms with van der Waals surface area (Å²) < 4.78 is 35.9. The molecule has 35 heavy (non-hydrogen) atoms. The third kappa shape index (κ3) is 4.60. The van der Waals surface area contributed by atoms with Crippen LogP contribution in [0, 0.1) is 0 Å². The zero-order chi connectivity index (χ0) is 24.4. The molecule has 3 aromatic carbocycles. The van der Waals surface area contributed by atoms with Gasteiger partial charge in [0.2, 0.25) is 0 Å². The average Bonchev–Trinajstić information content (AvgIpc) is 3.42. The Bertz CT molecular complexity index is 1460. The van der Waals surface area contributed by atoms with Crippen molar-refractivity contribution in [3.8, 4) is 11.4 Å². The van der Waals surface area contributed by atoms with Crippen LogP contribution in [0.5, 0.6) is 5.75 Å².